The molecule has 0 amide bonds. The van der Waals surface area contributed by atoms with Crippen LogP contribution in [0.5, 0.6) is 5.75 Å². The van der Waals surface area contributed by atoms with Crippen molar-refractivity contribution in [2.24, 2.45) is 0 Å². The van der Waals surface area contributed by atoms with Crippen molar-refractivity contribution in [3.63, 3.8) is 0 Å². The van der Waals surface area contributed by atoms with E-state index in [2.05, 4.69) is 0 Å². The monoisotopic (exact) mass is 467 g/mol. The lowest BCUT2D eigenvalue weighted by Crippen LogP contribution is -2.35. The highest BCUT2D eigenvalue weighted by atomic mass is 32.2. The summed E-state index contributed by atoms with van der Waals surface area (Å²) < 4.78 is 34.6. The number of aryl methyl sites for hydroxylation is 1. The van der Waals surface area contributed by atoms with Crippen molar-refractivity contribution >= 4 is 26.9 Å². The summed E-state index contributed by atoms with van der Waals surface area (Å²) >= 11 is 0. The van der Waals surface area contributed by atoms with Gasteiger partial charge in [0.1, 0.15) is 5.75 Å². The number of rotatable bonds is 5. The highest BCUT2D eigenvalue weighted by Crippen LogP contribution is 2.44. The first-order valence-electron chi connectivity index (χ1n) is 11.1. The van der Waals surface area contributed by atoms with Crippen LogP contribution in [0.3, 0.4) is 0 Å². The molecule has 1 heterocycles. The Morgan fingerprint density at radius 2 is 1.38 bits per heavy atom. The first-order chi connectivity index (χ1) is 16.5. The molecule has 5 rings (SSSR count). The van der Waals surface area contributed by atoms with Gasteiger partial charge in [-0.05, 0) is 59.5 Å². The van der Waals surface area contributed by atoms with Gasteiger partial charge in [0.25, 0.3) is 10.0 Å². The molecule has 5 heteroatoms. The quantitative estimate of drug-likeness (QED) is 0.353. The van der Waals surface area contributed by atoms with Gasteiger partial charge in [-0.15, -0.1) is 0 Å². The fourth-order valence-electron chi connectivity index (χ4n) is 4.39. The molecule has 4 aromatic carbocycles. The van der Waals surface area contributed by atoms with Gasteiger partial charge in [0, 0.05) is 5.56 Å². The first kappa shape index (κ1) is 22.0. The van der Waals surface area contributed by atoms with E-state index in [1.54, 1.807) is 19.2 Å². The molecule has 4 nitrogen and oxygen atoms in total. The lowest BCUT2D eigenvalue weighted by molar-refractivity contribution is 0.415. The van der Waals surface area contributed by atoms with Crippen LogP contribution in [0.25, 0.3) is 11.1 Å². The highest BCUT2D eigenvalue weighted by molar-refractivity contribution is 7.92. The molecular weight excluding hydrogens is 442 g/mol. The summed E-state index contributed by atoms with van der Waals surface area (Å²) in [7, 11) is -2.12. The zero-order chi connectivity index (χ0) is 23.7. The minimum absolute atomic E-state index is 0.235. The Kier molecular flexibility index (Phi) is 5.72. The fraction of sp³-hybridized carbons (Fsp3) is 0.103. The molecule has 0 unspecified atom stereocenters. The molecule has 0 fully saturated rings. The molecule has 4 aromatic rings. The maximum absolute atomic E-state index is 13.9. The summed E-state index contributed by atoms with van der Waals surface area (Å²) in [5.41, 5.74) is 6.57. The zero-order valence-corrected chi connectivity index (χ0v) is 19.9. The van der Waals surface area contributed by atoms with E-state index in [9.17, 15) is 8.42 Å². The normalized spacial score (nSPS) is 13.5. The standard InChI is InChI=1S/C29H25NO3S/c1-21-12-18-25(19-13-21)34(31,32)30-20-27(22-8-4-3-5-9-22)29(26-10-6-7-11-28(26)30)23-14-16-24(33-2)17-15-23/h3-19H,20H2,1-2H3. The lowest BCUT2D eigenvalue weighted by atomic mass is 9.86. The van der Waals surface area contributed by atoms with Crippen LogP contribution >= 0.6 is 0 Å². The van der Waals surface area contributed by atoms with Gasteiger partial charge in [-0.25, -0.2) is 8.42 Å². The van der Waals surface area contributed by atoms with Gasteiger partial charge in [-0.3, -0.25) is 4.31 Å². The van der Waals surface area contributed by atoms with E-state index >= 15 is 0 Å². The van der Waals surface area contributed by atoms with Crippen LogP contribution in [0.4, 0.5) is 5.69 Å². The minimum Gasteiger partial charge on any atom is -0.497 e. The second-order valence-corrected chi connectivity index (χ2v) is 10.2. The molecule has 0 saturated heterocycles. The maximum Gasteiger partial charge on any atom is 0.264 e. The second-order valence-electron chi connectivity index (χ2n) is 8.29. The summed E-state index contributed by atoms with van der Waals surface area (Å²) in [6, 6.07) is 32.6. The van der Waals surface area contributed by atoms with Crippen molar-refractivity contribution < 1.29 is 13.2 Å². The smallest absolute Gasteiger partial charge is 0.264 e. The van der Waals surface area contributed by atoms with E-state index in [-0.39, 0.29) is 11.4 Å². The Hall–Kier alpha value is -3.83. The van der Waals surface area contributed by atoms with Gasteiger partial charge < -0.3 is 4.74 Å². The molecule has 1 aliphatic rings. The molecule has 0 aliphatic carbocycles. The Bertz CT molecular complexity index is 1460. The van der Waals surface area contributed by atoms with E-state index in [0.29, 0.717) is 5.69 Å². The summed E-state index contributed by atoms with van der Waals surface area (Å²) in [6.07, 6.45) is 0. The number of nitrogens with zero attached hydrogens (tertiary/aromatic N) is 1. The van der Waals surface area contributed by atoms with Gasteiger partial charge in [0.05, 0.1) is 24.2 Å². The maximum atomic E-state index is 13.9. The summed E-state index contributed by atoms with van der Waals surface area (Å²) in [6.45, 7) is 2.18. The Morgan fingerprint density at radius 1 is 0.735 bits per heavy atom. The molecule has 0 atom stereocenters. The van der Waals surface area contributed by atoms with Gasteiger partial charge in [-0.1, -0.05) is 78.4 Å². The molecule has 0 radical (unpaired) electrons. The Labute approximate surface area is 200 Å². The third kappa shape index (κ3) is 3.88. The number of sulfonamides is 1. The Morgan fingerprint density at radius 3 is 2.06 bits per heavy atom. The average molecular weight is 468 g/mol. The third-order valence-electron chi connectivity index (χ3n) is 6.16. The molecule has 34 heavy (non-hydrogen) atoms. The Balaban J connectivity index is 1.75. The molecule has 0 spiro atoms. The molecule has 0 aromatic heterocycles. The highest BCUT2D eigenvalue weighted by Gasteiger charge is 2.33. The summed E-state index contributed by atoms with van der Waals surface area (Å²) in [5, 5.41) is 0. The van der Waals surface area contributed by atoms with Crippen molar-refractivity contribution in [2.75, 3.05) is 18.0 Å². The number of fused-ring (bicyclic) bond motifs is 1. The molecular formula is C29H25NO3S. The van der Waals surface area contributed by atoms with Crippen LogP contribution in [0.1, 0.15) is 22.3 Å². The van der Waals surface area contributed by atoms with E-state index in [0.717, 1.165) is 39.1 Å². The van der Waals surface area contributed by atoms with Crippen LogP contribution in [0.15, 0.2) is 108 Å². The predicted octanol–water partition coefficient (Wildman–Crippen LogP) is 6.17. The number of hydrogen-bond acceptors (Lipinski definition) is 3. The number of anilines is 1. The van der Waals surface area contributed by atoms with E-state index < -0.39 is 10.0 Å². The van der Waals surface area contributed by atoms with Gasteiger partial charge in [-0.2, -0.15) is 0 Å². The molecule has 0 saturated carbocycles. The third-order valence-corrected chi connectivity index (χ3v) is 7.93. The van der Waals surface area contributed by atoms with E-state index in [1.807, 2.05) is 97.9 Å². The number of ether oxygens (including phenoxy) is 1. The predicted molar refractivity (Wildman–Crippen MR) is 138 cm³/mol. The average Bonchev–Trinajstić information content (AvgIpc) is 2.88. The molecule has 170 valence electrons. The van der Waals surface area contributed by atoms with E-state index in [4.69, 9.17) is 4.74 Å². The van der Waals surface area contributed by atoms with Crippen LogP contribution < -0.4 is 9.04 Å². The first-order valence-corrected chi connectivity index (χ1v) is 12.5. The van der Waals surface area contributed by atoms with Crippen molar-refractivity contribution in [1.82, 2.24) is 0 Å². The molecule has 0 bridgehead atoms. The lowest BCUT2D eigenvalue weighted by Gasteiger charge is -2.34. The minimum atomic E-state index is -3.77. The van der Waals surface area contributed by atoms with E-state index in [1.165, 1.54) is 4.31 Å². The van der Waals surface area contributed by atoms with Crippen molar-refractivity contribution in [3.8, 4) is 5.75 Å². The largest absolute Gasteiger partial charge is 0.497 e. The van der Waals surface area contributed by atoms with Gasteiger partial charge in [0.2, 0.25) is 0 Å². The van der Waals surface area contributed by atoms with Crippen LogP contribution in [-0.4, -0.2) is 22.1 Å². The van der Waals surface area contributed by atoms with Gasteiger partial charge in [0.15, 0.2) is 0 Å². The number of para-hydroxylation sites is 1. The van der Waals surface area contributed by atoms with Crippen LogP contribution in [-0.2, 0) is 10.0 Å². The van der Waals surface area contributed by atoms with Crippen molar-refractivity contribution in [3.05, 3.63) is 125 Å². The summed E-state index contributed by atoms with van der Waals surface area (Å²) in [4.78, 5) is 0.285. The number of methoxy groups -OCH3 is 1. The van der Waals surface area contributed by atoms with Crippen LogP contribution in [0.2, 0.25) is 0 Å². The molecule has 1 aliphatic heterocycles. The van der Waals surface area contributed by atoms with Crippen molar-refractivity contribution in [1.29, 1.82) is 0 Å². The summed E-state index contributed by atoms with van der Waals surface area (Å²) in [5.74, 6) is 0.776. The SMILES string of the molecule is COc1ccc(C2=C(c3ccccc3)CN(S(=O)(=O)c3ccc(C)cc3)c3ccccc32)cc1. The van der Waals surface area contributed by atoms with Crippen molar-refractivity contribution in [2.45, 2.75) is 11.8 Å². The fourth-order valence-corrected chi connectivity index (χ4v) is 5.84. The van der Waals surface area contributed by atoms with Crippen LogP contribution in [0, 0.1) is 6.92 Å². The zero-order valence-electron chi connectivity index (χ0n) is 19.1. The number of hydrogen-bond donors (Lipinski definition) is 0. The molecule has 0 N–H and O–H groups in total. The topological polar surface area (TPSA) is 46.6 Å². The number of benzene rings is 4. The second kappa shape index (κ2) is 8.84. The van der Waals surface area contributed by atoms with Gasteiger partial charge >= 0.3 is 0 Å².